The highest BCUT2D eigenvalue weighted by Crippen LogP contribution is 2.30. The Hall–Kier alpha value is -2.62. The van der Waals surface area contributed by atoms with Crippen LogP contribution in [0, 0.1) is 0 Å². The van der Waals surface area contributed by atoms with Crippen molar-refractivity contribution < 1.29 is 14.7 Å². The molecule has 1 aliphatic rings. The minimum absolute atomic E-state index is 0.135. The van der Waals surface area contributed by atoms with E-state index in [9.17, 15) is 14.7 Å². The van der Waals surface area contributed by atoms with Gasteiger partial charge in [-0.1, -0.05) is 11.6 Å². The Morgan fingerprint density at radius 1 is 1.29 bits per heavy atom. The maximum absolute atomic E-state index is 12.2. The van der Waals surface area contributed by atoms with Crippen molar-refractivity contribution in [1.82, 2.24) is 30.5 Å². The number of halogens is 1. The number of aromatic nitrogens is 3. The van der Waals surface area contributed by atoms with E-state index in [1.54, 1.807) is 17.0 Å². The van der Waals surface area contributed by atoms with Crippen molar-refractivity contribution in [2.45, 2.75) is 19.0 Å². The predicted octanol–water partition coefficient (Wildman–Crippen LogP) is 0.405. The Balaban J connectivity index is 2.02. The third-order valence-corrected chi connectivity index (χ3v) is 4.81. The van der Waals surface area contributed by atoms with Gasteiger partial charge in [0.05, 0.1) is 30.1 Å². The summed E-state index contributed by atoms with van der Waals surface area (Å²) in [5.74, 6) is -0.472. The molecular weight excluding hydrogens is 384 g/mol. The number of carbonyl (C=O) groups is 2. The first-order valence-corrected chi connectivity index (χ1v) is 9.14. The molecule has 1 aliphatic heterocycles. The van der Waals surface area contributed by atoms with E-state index >= 15 is 0 Å². The number of carbonyl (C=O) groups excluding carboxylic acids is 2. The summed E-state index contributed by atoms with van der Waals surface area (Å²) in [5, 5.41) is 15.6. The Bertz CT molecular complexity index is 893. The molecule has 2 aromatic rings. The van der Waals surface area contributed by atoms with Crippen LogP contribution in [0.5, 0.6) is 0 Å². The summed E-state index contributed by atoms with van der Waals surface area (Å²) >= 11 is 6.24. The molecule has 2 aromatic heterocycles. The fourth-order valence-electron chi connectivity index (χ4n) is 3.34. The van der Waals surface area contributed by atoms with Crippen molar-refractivity contribution in [3.63, 3.8) is 0 Å². The molecule has 28 heavy (non-hydrogen) atoms. The Labute approximate surface area is 167 Å². The molecule has 1 fully saturated rings. The zero-order valence-corrected chi connectivity index (χ0v) is 16.3. The van der Waals surface area contributed by atoms with Gasteiger partial charge in [0.1, 0.15) is 17.2 Å². The van der Waals surface area contributed by atoms with E-state index in [0.29, 0.717) is 24.5 Å². The number of rotatable bonds is 4. The highest BCUT2D eigenvalue weighted by molar-refractivity contribution is 6.29. The van der Waals surface area contributed by atoms with E-state index in [1.807, 2.05) is 0 Å². The van der Waals surface area contributed by atoms with Crippen molar-refractivity contribution in [1.29, 1.82) is 0 Å². The van der Waals surface area contributed by atoms with Gasteiger partial charge in [-0.15, -0.1) is 0 Å². The maximum atomic E-state index is 12.2. The molecule has 10 heteroatoms. The van der Waals surface area contributed by atoms with Crippen LogP contribution in [0.1, 0.15) is 29.0 Å². The first kappa shape index (κ1) is 20.1. The van der Waals surface area contributed by atoms with E-state index in [2.05, 4.69) is 25.6 Å². The molecule has 3 N–H and O–H groups in total. The third kappa shape index (κ3) is 4.11. The summed E-state index contributed by atoms with van der Waals surface area (Å²) in [4.78, 5) is 38.2. The largest absolute Gasteiger partial charge is 0.394 e. The number of nitrogens with zero attached hydrogens (tertiary/aromatic N) is 4. The second kappa shape index (κ2) is 8.59. The van der Waals surface area contributed by atoms with Crippen LogP contribution in [0.2, 0.25) is 5.15 Å². The topological polar surface area (TPSA) is 120 Å². The van der Waals surface area contributed by atoms with E-state index < -0.39 is 0 Å². The van der Waals surface area contributed by atoms with E-state index in [4.69, 9.17) is 11.6 Å². The van der Waals surface area contributed by atoms with Crippen LogP contribution in [-0.4, -0.2) is 69.6 Å². The number of pyridine rings is 1. The Morgan fingerprint density at radius 3 is 2.75 bits per heavy atom. The van der Waals surface area contributed by atoms with E-state index in [-0.39, 0.29) is 41.4 Å². The van der Waals surface area contributed by atoms with E-state index in [0.717, 1.165) is 5.56 Å². The summed E-state index contributed by atoms with van der Waals surface area (Å²) in [6.45, 7) is 2.36. The first-order chi connectivity index (χ1) is 13.4. The smallest absolute Gasteiger partial charge is 0.269 e. The number of amides is 2. The summed E-state index contributed by atoms with van der Waals surface area (Å²) in [5.41, 5.74) is 1.87. The average Bonchev–Trinajstić information content (AvgIpc) is 2.72. The molecule has 0 radical (unpaired) electrons. The van der Waals surface area contributed by atoms with Gasteiger partial charge in [-0.2, -0.15) is 0 Å². The second-order valence-electron chi connectivity index (χ2n) is 6.41. The minimum atomic E-state index is -0.337. The monoisotopic (exact) mass is 404 g/mol. The van der Waals surface area contributed by atoms with Crippen LogP contribution in [0.4, 0.5) is 0 Å². The van der Waals surface area contributed by atoms with Gasteiger partial charge in [0.15, 0.2) is 0 Å². The van der Waals surface area contributed by atoms with Crippen LogP contribution < -0.4 is 10.6 Å². The Kier molecular flexibility index (Phi) is 6.18. The molecule has 2 amide bonds. The predicted molar refractivity (Wildman–Crippen MR) is 103 cm³/mol. The van der Waals surface area contributed by atoms with Gasteiger partial charge in [-0.05, 0) is 23.8 Å². The normalized spacial score (nSPS) is 19.4. The summed E-state index contributed by atoms with van der Waals surface area (Å²) < 4.78 is 0. The van der Waals surface area contributed by atoms with Gasteiger partial charge >= 0.3 is 0 Å². The zero-order valence-electron chi connectivity index (χ0n) is 15.5. The van der Waals surface area contributed by atoms with Gasteiger partial charge in [-0.3, -0.25) is 9.59 Å². The van der Waals surface area contributed by atoms with Crippen LogP contribution >= 0.6 is 11.6 Å². The van der Waals surface area contributed by atoms with Crippen molar-refractivity contribution in [2.75, 3.05) is 26.7 Å². The Morgan fingerprint density at radius 2 is 2.07 bits per heavy atom. The maximum Gasteiger partial charge on any atom is 0.269 e. The molecule has 1 saturated heterocycles. The highest BCUT2D eigenvalue weighted by Gasteiger charge is 2.33. The summed E-state index contributed by atoms with van der Waals surface area (Å²) in [6.07, 6.45) is 1.29. The van der Waals surface area contributed by atoms with Gasteiger partial charge < -0.3 is 20.6 Å². The average molecular weight is 405 g/mol. The van der Waals surface area contributed by atoms with Gasteiger partial charge in [0, 0.05) is 27.1 Å². The van der Waals surface area contributed by atoms with Crippen molar-refractivity contribution in [3.8, 4) is 11.4 Å². The second-order valence-corrected chi connectivity index (χ2v) is 6.80. The van der Waals surface area contributed by atoms with Crippen molar-refractivity contribution in [2.24, 2.45) is 0 Å². The lowest BCUT2D eigenvalue weighted by molar-refractivity contribution is -0.136. The van der Waals surface area contributed by atoms with Gasteiger partial charge in [0.2, 0.25) is 5.91 Å². The lowest BCUT2D eigenvalue weighted by Gasteiger charge is -2.41. The fourth-order valence-corrected chi connectivity index (χ4v) is 3.55. The van der Waals surface area contributed by atoms with Crippen LogP contribution in [0.15, 0.2) is 24.5 Å². The van der Waals surface area contributed by atoms with Crippen LogP contribution in [0.3, 0.4) is 0 Å². The quantitative estimate of drug-likeness (QED) is 0.631. The van der Waals surface area contributed by atoms with Gasteiger partial charge in [-0.25, -0.2) is 15.0 Å². The van der Waals surface area contributed by atoms with Crippen molar-refractivity contribution in [3.05, 3.63) is 40.9 Å². The molecule has 9 nitrogen and oxygen atoms in total. The van der Waals surface area contributed by atoms with Crippen LogP contribution in [-0.2, 0) is 4.79 Å². The molecule has 3 rings (SSSR count). The molecular formula is C18H21ClN6O3. The molecule has 2 unspecified atom stereocenters. The fraction of sp³-hybridized carbons (Fsp3) is 0.389. The zero-order chi connectivity index (χ0) is 20.3. The van der Waals surface area contributed by atoms with Crippen molar-refractivity contribution >= 4 is 23.4 Å². The number of aliphatic hydroxyl groups is 1. The lowest BCUT2D eigenvalue weighted by Crippen LogP contribution is -2.56. The number of nitrogens with one attached hydrogen (secondary N) is 2. The highest BCUT2D eigenvalue weighted by atomic mass is 35.5. The summed E-state index contributed by atoms with van der Waals surface area (Å²) in [6, 6.07) is 4.35. The van der Waals surface area contributed by atoms with E-state index in [1.165, 1.54) is 26.4 Å². The standard InChI is InChI=1S/C18H21ClN6O3/c1-10(27)25-12(8-26)6-21-7-16(25)11-3-14(24-17(19)4-11)13-5-15(18(28)20-2)23-9-22-13/h3-5,9,12,16,21,26H,6-8H2,1-2H3,(H,20,28). The first-order valence-electron chi connectivity index (χ1n) is 8.77. The molecule has 2 atom stereocenters. The molecule has 148 valence electrons. The number of aliphatic hydroxyl groups excluding tert-OH is 1. The number of hydrogen-bond donors (Lipinski definition) is 3. The number of hydrogen-bond acceptors (Lipinski definition) is 7. The number of piperazine rings is 1. The van der Waals surface area contributed by atoms with Gasteiger partial charge in [0.25, 0.3) is 5.91 Å². The molecule has 0 aliphatic carbocycles. The van der Waals surface area contributed by atoms with Crippen LogP contribution in [0.25, 0.3) is 11.4 Å². The SMILES string of the molecule is CNC(=O)c1cc(-c2cc(C3CNCC(CO)N3C(C)=O)cc(Cl)n2)ncn1. The molecule has 0 saturated carbocycles. The molecule has 3 heterocycles. The molecule has 0 bridgehead atoms. The molecule has 0 spiro atoms. The summed E-state index contributed by atoms with van der Waals surface area (Å²) in [7, 11) is 1.52. The molecule has 0 aromatic carbocycles. The minimum Gasteiger partial charge on any atom is -0.394 e. The third-order valence-electron chi connectivity index (χ3n) is 4.61. The lowest BCUT2D eigenvalue weighted by atomic mass is 9.99.